The van der Waals surface area contributed by atoms with E-state index in [1.54, 1.807) is 0 Å². The second-order valence-electron chi connectivity index (χ2n) is 4.10. The lowest BCUT2D eigenvalue weighted by Crippen LogP contribution is -2.14. The topological polar surface area (TPSA) is 65.4 Å². The number of nitrogens with zero attached hydrogens (tertiary/aromatic N) is 3. The van der Waals surface area contributed by atoms with Gasteiger partial charge in [-0.05, 0) is 31.4 Å². The Morgan fingerprint density at radius 1 is 1.31 bits per heavy atom. The van der Waals surface area contributed by atoms with E-state index < -0.39 is 0 Å². The van der Waals surface area contributed by atoms with Gasteiger partial charge in [-0.2, -0.15) is 0 Å². The van der Waals surface area contributed by atoms with Crippen LogP contribution in [-0.2, 0) is 4.74 Å². The van der Waals surface area contributed by atoms with Crippen molar-refractivity contribution < 1.29 is 4.74 Å². The highest BCUT2D eigenvalue weighted by molar-refractivity contribution is 5.47. The molecule has 0 aromatic carbocycles. The molecule has 0 radical (unpaired) electrons. The molecule has 0 aliphatic carbocycles. The van der Waals surface area contributed by atoms with Gasteiger partial charge in [0.1, 0.15) is 6.10 Å². The van der Waals surface area contributed by atoms with Crippen molar-refractivity contribution in [2.24, 2.45) is 0 Å². The summed E-state index contributed by atoms with van der Waals surface area (Å²) in [5, 5.41) is 8.30. The minimum atomic E-state index is 0.0607. The average Bonchev–Trinajstić information content (AvgIpc) is 2.73. The van der Waals surface area contributed by atoms with Gasteiger partial charge in [-0.15, -0.1) is 10.2 Å². The predicted octanol–water partition coefficient (Wildman–Crippen LogP) is 1.55. The molecule has 5 nitrogen and oxygen atoms in total. The third kappa shape index (κ3) is 1.53. The summed E-state index contributed by atoms with van der Waals surface area (Å²) >= 11 is 0. The quantitative estimate of drug-likeness (QED) is 0.788. The number of nitrogen functional groups attached to an aromatic ring is 1. The number of hydrogen-bond acceptors (Lipinski definition) is 4. The Bertz CT molecular complexity index is 502. The standard InChI is InChI=1S/C11H14N4O/c12-8-4-5-10-13-14-11(15(10)7-8)9-3-1-2-6-16-9/h4-5,7,9H,1-3,6,12H2. The molecule has 0 spiro atoms. The van der Waals surface area contributed by atoms with Crippen molar-refractivity contribution in [3.8, 4) is 0 Å². The van der Waals surface area contributed by atoms with Gasteiger partial charge >= 0.3 is 0 Å². The van der Waals surface area contributed by atoms with E-state index in [2.05, 4.69) is 10.2 Å². The van der Waals surface area contributed by atoms with Crippen molar-refractivity contribution in [2.45, 2.75) is 25.4 Å². The highest BCUT2D eigenvalue weighted by atomic mass is 16.5. The first-order valence-corrected chi connectivity index (χ1v) is 5.56. The van der Waals surface area contributed by atoms with E-state index in [-0.39, 0.29) is 6.10 Å². The maximum Gasteiger partial charge on any atom is 0.166 e. The molecule has 16 heavy (non-hydrogen) atoms. The summed E-state index contributed by atoms with van der Waals surface area (Å²) in [4.78, 5) is 0. The minimum absolute atomic E-state index is 0.0607. The van der Waals surface area contributed by atoms with E-state index in [0.717, 1.165) is 30.9 Å². The summed E-state index contributed by atoms with van der Waals surface area (Å²) in [6.45, 7) is 0.807. The van der Waals surface area contributed by atoms with Crippen LogP contribution >= 0.6 is 0 Å². The number of rotatable bonds is 1. The summed E-state index contributed by atoms with van der Waals surface area (Å²) in [5.41, 5.74) is 7.29. The van der Waals surface area contributed by atoms with Crippen molar-refractivity contribution >= 4 is 11.3 Å². The SMILES string of the molecule is Nc1ccc2nnc(C3CCCCO3)n2c1. The van der Waals surface area contributed by atoms with Crippen LogP contribution in [0.25, 0.3) is 5.65 Å². The van der Waals surface area contributed by atoms with Crippen LogP contribution in [0.5, 0.6) is 0 Å². The number of fused-ring (bicyclic) bond motifs is 1. The van der Waals surface area contributed by atoms with E-state index in [1.807, 2.05) is 22.7 Å². The molecule has 1 aliphatic rings. The molecule has 2 aromatic rings. The van der Waals surface area contributed by atoms with Crippen LogP contribution in [-0.4, -0.2) is 21.2 Å². The van der Waals surface area contributed by atoms with E-state index >= 15 is 0 Å². The van der Waals surface area contributed by atoms with Gasteiger partial charge in [0.05, 0.1) is 0 Å². The minimum Gasteiger partial charge on any atom is -0.398 e. The van der Waals surface area contributed by atoms with Gasteiger partial charge in [0.25, 0.3) is 0 Å². The van der Waals surface area contributed by atoms with Crippen LogP contribution in [0.4, 0.5) is 5.69 Å². The lowest BCUT2D eigenvalue weighted by molar-refractivity contribution is 0.00886. The Morgan fingerprint density at radius 2 is 2.25 bits per heavy atom. The molecule has 3 rings (SSSR count). The van der Waals surface area contributed by atoms with Gasteiger partial charge in [0.2, 0.25) is 0 Å². The fourth-order valence-electron chi connectivity index (χ4n) is 2.09. The fraction of sp³-hybridized carbons (Fsp3) is 0.455. The molecule has 1 saturated heterocycles. The van der Waals surface area contributed by atoms with Gasteiger partial charge in [0.15, 0.2) is 11.5 Å². The Balaban J connectivity index is 2.05. The summed E-state index contributed by atoms with van der Waals surface area (Å²) in [5.74, 6) is 0.863. The summed E-state index contributed by atoms with van der Waals surface area (Å²) in [6.07, 6.45) is 5.24. The number of anilines is 1. The van der Waals surface area contributed by atoms with Gasteiger partial charge < -0.3 is 10.5 Å². The Labute approximate surface area is 93.2 Å². The first-order chi connectivity index (χ1) is 7.84. The zero-order valence-electron chi connectivity index (χ0n) is 8.97. The third-order valence-electron chi connectivity index (χ3n) is 2.92. The zero-order chi connectivity index (χ0) is 11.0. The van der Waals surface area contributed by atoms with Crippen molar-refractivity contribution in [1.82, 2.24) is 14.6 Å². The Hall–Kier alpha value is -1.62. The zero-order valence-corrected chi connectivity index (χ0v) is 8.97. The second kappa shape index (κ2) is 3.75. The van der Waals surface area contributed by atoms with Crippen LogP contribution in [0, 0.1) is 0 Å². The molecule has 0 bridgehead atoms. The van der Waals surface area contributed by atoms with E-state index in [9.17, 15) is 0 Å². The lowest BCUT2D eigenvalue weighted by Gasteiger charge is -2.20. The number of pyridine rings is 1. The van der Waals surface area contributed by atoms with Crippen LogP contribution in [0.15, 0.2) is 18.3 Å². The molecule has 2 aromatic heterocycles. The summed E-state index contributed by atoms with van der Waals surface area (Å²) in [7, 11) is 0. The van der Waals surface area contributed by atoms with Crippen molar-refractivity contribution in [3.63, 3.8) is 0 Å². The highest BCUT2D eigenvalue weighted by Crippen LogP contribution is 2.26. The maximum absolute atomic E-state index is 5.76. The van der Waals surface area contributed by atoms with Gasteiger partial charge in [-0.3, -0.25) is 4.40 Å². The highest BCUT2D eigenvalue weighted by Gasteiger charge is 2.21. The van der Waals surface area contributed by atoms with Gasteiger partial charge in [-0.25, -0.2) is 0 Å². The molecule has 1 aliphatic heterocycles. The fourth-order valence-corrected chi connectivity index (χ4v) is 2.09. The molecule has 1 fully saturated rings. The molecule has 3 heterocycles. The maximum atomic E-state index is 5.76. The molecular formula is C11H14N4O. The van der Waals surface area contributed by atoms with Crippen molar-refractivity contribution in [3.05, 3.63) is 24.2 Å². The van der Waals surface area contributed by atoms with Gasteiger partial charge in [0, 0.05) is 18.5 Å². The molecule has 84 valence electrons. The lowest BCUT2D eigenvalue weighted by atomic mass is 10.1. The second-order valence-corrected chi connectivity index (χ2v) is 4.10. The van der Waals surface area contributed by atoms with Gasteiger partial charge in [-0.1, -0.05) is 0 Å². The average molecular weight is 218 g/mol. The largest absolute Gasteiger partial charge is 0.398 e. The first kappa shape index (κ1) is 9.59. The van der Waals surface area contributed by atoms with Crippen LogP contribution in [0.3, 0.4) is 0 Å². The van der Waals surface area contributed by atoms with Crippen LogP contribution < -0.4 is 5.73 Å². The van der Waals surface area contributed by atoms with Crippen LogP contribution in [0.1, 0.15) is 31.2 Å². The van der Waals surface area contributed by atoms with E-state index in [0.29, 0.717) is 5.69 Å². The normalized spacial score (nSPS) is 21.4. The Kier molecular flexibility index (Phi) is 2.25. The number of hydrogen-bond donors (Lipinski definition) is 1. The van der Waals surface area contributed by atoms with E-state index in [1.165, 1.54) is 6.42 Å². The van der Waals surface area contributed by atoms with Crippen LogP contribution in [0.2, 0.25) is 0 Å². The predicted molar refractivity (Wildman–Crippen MR) is 59.9 cm³/mol. The molecule has 1 atom stereocenters. The smallest absolute Gasteiger partial charge is 0.166 e. The van der Waals surface area contributed by atoms with E-state index in [4.69, 9.17) is 10.5 Å². The summed E-state index contributed by atoms with van der Waals surface area (Å²) < 4.78 is 7.63. The molecule has 0 saturated carbocycles. The molecule has 5 heteroatoms. The number of aromatic nitrogens is 3. The molecule has 0 amide bonds. The third-order valence-corrected chi connectivity index (χ3v) is 2.92. The number of nitrogens with two attached hydrogens (primary N) is 1. The Morgan fingerprint density at radius 3 is 3.06 bits per heavy atom. The first-order valence-electron chi connectivity index (χ1n) is 5.56. The van der Waals surface area contributed by atoms with Crippen molar-refractivity contribution in [2.75, 3.05) is 12.3 Å². The summed E-state index contributed by atoms with van der Waals surface area (Å²) in [6, 6.07) is 3.70. The number of ether oxygens (including phenoxy) is 1. The molecule has 1 unspecified atom stereocenters. The monoisotopic (exact) mass is 218 g/mol. The molecule has 2 N–H and O–H groups in total. The molecular weight excluding hydrogens is 204 g/mol. The van der Waals surface area contributed by atoms with Crippen molar-refractivity contribution in [1.29, 1.82) is 0 Å².